The highest BCUT2D eigenvalue weighted by Crippen LogP contribution is 2.20. The summed E-state index contributed by atoms with van der Waals surface area (Å²) in [7, 11) is 1.63. The van der Waals surface area contributed by atoms with Crippen molar-refractivity contribution in [3.05, 3.63) is 29.8 Å². The van der Waals surface area contributed by atoms with Crippen molar-refractivity contribution in [3.63, 3.8) is 0 Å². The molecule has 0 heterocycles. The average molecular weight is 265 g/mol. The maximum atomic E-state index is 11.0. The van der Waals surface area contributed by atoms with Gasteiger partial charge in [0.1, 0.15) is 5.75 Å². The fraction of sp³-hybridized carbons (Fsp3) is 0.500. The Bertz CT molecular complexity index is 409. The Morgan fingerprint density at radius 1 is 1.42 bits per heavy atom. The zero-order valence-corrected chi connectivity index (χ0v) is 11.7. The summed E-state index contributed by atoms with van der Waals surface area (Å²) in [4.78, 5) is 11.0. The average Bonchev–Trinajstić information content (AvgIpc) is 2.42. The molecule has 0 aliphatic heterocycles. The lowest BCUT2D eigenvalue weighted by molar-refractivity contribution is 0.0755. The summed E-state index contributed by atoms with van der Waals surface area (Å²) >= 11 is 0. The number of ether oxygens (including phenoxy) is 1. The zero-order valence-electron chi connectivity index (χ0n) is 11.7. The summed E-state index contributed by atoms with van der Waals surface area (Å²) in [6, 6.07) is 7.60. The minimum Gasteiger partial charge on any atom is -0.496 e. The van der Waals surface area contributed by atoms with E-state index in [0.717, 1.165) is 22.7 Å². The summed E-state index contributed by atoms with van der Waals surface area (Å²) < 4.78 is 5.28. The van der Waals surface area contributed by atoms with E-state index in [0.29, 0.717) is 13.0 Å². The number of amides is 1. The number of benzene rings is 1. The third-order valence-electron chi connectivity index (χ3n) is 2.99. The molecule has 0 saturated carbocycles. The van der Waals surface area contributed by atoms with E-state index in [1.54, 1.807) is 7.11 Å². The van der Waals surface area contributed by atoms with E-state index in [4.69, 9.17) is 4.74 Å². The highest BCUT2D eigenvalue weighted by Gasteiger charge is 2.20. The summed E-state index contributed by atoms with van der Waals surface area (Å²) in [5.41, 5.74) is 3.86. The number of carbonyl (C=O) groups is 1. The number of aryl methyl sites for hydroxylation is 1. The van der Waals surface area contributed by atoms with Crippen molar-refractivity contribution in [3.8, 4) is 5.75 Å². The Balaban J connectivity index is 2.61. The largest absolute Gasteiger partial charge is 0.496 e. The highest BCUT2D eigenvalue weighted by atomic mass is 16.5. The number of hydrogen-bond donors (Lipinski definition) is 1. The molecule has 1 aromatic rings. The van der Waals surface area contributed by atoms with Gasteiger partial charge in [0.15, 0.2) is 0 Å². The molecule has 0 aromatic heterocycles. The van der Waals surface area contributed by atoms with Crippen molar-refractivity contribution in [2.24, 2.45) is 0 Å². The van der Waals surface area contributed by atoms with Crippen LogP contribution in [0.5, 0.6) is 5.75 Å². The molecule has 5 nitrogen and oxygen atoms in total. The van der Waals surface area contributed by atoms with Crippen LogP contribution in [0.1, 0.15) is 25.8 Å². The zero-order chi connectivity index (χ0) is 14.3. The summed E-state index contributed by atoms with van der Waals surface area (Å²) in [6.45, 7) is 4.25. The van der Waals surface area contributed by atoms with E-state index < -0.39 is 6.09 Å². The Hall–Kier alpha value is -1.75. The molecule has 0 spiro atoms. The molecule has 1 aromatic carbocycles. The molecule has 1 N–H and O–H groups in total. The lowest BCUT2D eigenvalue weighted by atomic mass is 10.1. The van der Waals surface area contributed by atoms with E-state index in [2.05, 4.69) is 5.43 Å². The van der Waals surface area contributed by atoms with Crippen molar-refractivity contribution in [2.75, 3.05) is 13.7 Å². The second-order valence-corrected chi connectivity index (χ2v) is 4.35. The van der Waals surface area contributed by atoms with Crippen LogP contribution in [0, 0.1) is 0 Å². The third-order valence-corrected chi connectivity index (χ3v) is 2.99. The number of nitrogens with zero attached hydrogens (tertiary/aromatic N) is 1. The lowest BCUT2D eigenvalue weighted by Crippen LogP contribution is -2.47. The molecule has 1 radical (unpaired) electrons. The van der Waals surface area contributed by atoms with Crippen molar-refractivity contribution < 1.29 is 14.6 Å². The minimum atomic E-state index is -1.20. The molecular weight excluding hydrogens is 244 g/mol. The van der Waals surface area contributed by atoms with Crippen LogP contribution in [0.3, 0.4) is 0 Å². The Labute approximate surface area is 114 Å². The SMILES string of the molecule is CCNN(C([O])=O)C(C)CCc1ccccc1OC. The number of hydrazine groups is 1. The first-order chi connectivity index (χ1) is 9.10. The monoisotopic (exact) mass is 265 g/mol. The molecule has 5 heteroatoms. The predicted octanol–water partition coefficient (Wildman–Crippen LogP) is 2.39. The van der Waals surface area contributed by atoms with Crippen LogP contribution in [-0.2, 0) is 11.5 Å². The standard InChI is InChI=1S/C14H21N2O3/c1-4-15-16(14(17)18)11(2)9-10-12-7-5-6-8-13(12)19-3/h5-8,11,15H,4,9-10H2,1-3H3. The molecule has 1 rings (SSSR count). The van der Waals surface area contributed by atoms with Crippen LogP contribution in [-0.4, -0.2) is 30.8 Å². The third kappa shape index (κ3) is 4.44. The first-order valence-electron chi connectivity index (χ1n) is 6.45. The fourth-order valence-corrected chi connectivity index (χ4v) is 1.97. The molecule has 1 amide bonds. The van der Waals surface area contributed by atoms with Crippen molar-refractivity contribution in [1.29, 1.82) is 0 Å². The molecule has 1 unspecified atom stereocenters. The van der Waals surface area contributed by atoms with Crippen LogP contribution in [0.4, 0.5) is 4.79 Å². The van der Waals surface area contributed by atoms with Gasteiger partial charge >= 0.3 is 6.09 Å². The second-order valence-electron chi connectivity index (χ2n) is 4.35. The number of methoxy groups -OCH3 is 1. The summed E-state index contributed by atoms with van der Waals surface area (Å²) in [5.74, 6) is 0.832. The number of para-hydroxylation sites is 1. The van der Waals surface area contributed by atoms with Gasteiger partial charge in [-0.05, 0) is 31.4 Å². The number of carbonyl (C=O) groups excluding carboxylic acids is 1. The Morgan fingerprint density at radius 3 is 2.68 bits per heavy atom. The van der Waals surface area contributed by atoms with Gasteiger partial charge in [-0.1, -0.05) is 25.1 Å². The van der Waals surface area contributed by atoms with Gasteiger partial charge < -0.3 is 4.74 Å². The Morgan fingerprint density at radius 2 is 2.11 bits per heavy atom. The number of hydrogen-bond acceptors (Lipinski definition) is 3. The summed E-state index contributed by atoms with van der Waals surface area (Å²) in [5, 5.41) is 12.1. The van der Waals surface area contributed by atoms with Gasteiger partial charge in [0.05, 0.1) is 7.11 Å². The predicted molar refractivity (Wildman–Crippen MR) is 72.4 cm³/mol. The number of rotatable bonds is 7. The van der Waals surface area contributed by atoms with Crippen LogP contribution >= 0.6 is 0 Å². The molecule has 1 atom stereocenters. The van der Waals surface area contributed by atoms with E-state index in [9.17, 15) is 9.90 Å². The van der Waals surface area contributed by atoms with Gasteiger partial charge in [-0.15, -0.1) is 0 Å². The van der Waals surface area contributed by atoms with Gasteiger partial charge in [-0.2, -0.15) is 0 Å². The first kappa shape index (κ1) is 15.3. The second kappa shape index (κ2) is 7.63. The molecule has 105 valence electrons. The summed E-state index contributed by atoms with van der Waals surface area (Å²) in [6.07, 6.45) is 0.246. The maximum Gasteiger partial charge on any atom is 0.467 e. The first-order valence-corrected chi connectivity index (χ1v) is 6.45. The van der Waals surface area contributed by atoms with Gasteiger partial charge in [-0.3, -0.25) is 0 Å². The van der Waals surface area contributed by atoms with Crippen molar-refractivity contribution >= 4 is 6.09 Å². The highest BCUT2D eigenvalue weighted by molar-refractivity contribution is 5.64. The topological polar surface area (TPSA) is 61.5 Å². The number of nitrogens with one attached hydrogen (secondary N) is 1. The quantitative estimate of drug-likeness (QED) is 0.770. The minimum absolute atomic E-state index is 0.158. The van der Waals surface area contributed by atoms with Gasteiger partial charge in [0.25, 0.3) is 0 Å². The van der Waals surface area contributed by atoms with Crippen molar-refractivity contribution in [1.82, 2.24) is 10.4 Å². The Kier molecular flexibility index (Phi) is 6.15. The van der Waals surface area contributed by atoms with Gasteiger partial charge in [0, 0.05) is 12.6 Å². The van der Waals surface area contributed by atoms with Crippen LogP contribution in [0.25, 0.3) is 0 Å². The fourth-order valence-electron chi connectivity index (χ4n) is 1.97. The van der Waals surface area contributed by atoms with Gasteiger partial charge in [0.2, 0.25) is 0 Å². The smallest absolute Gasteiger partial charge is 0.467 e. The van der Waals surface area contributed by atoms with Gasteiger partial charge in [-0.25, -0.2) is 20.3 Å². The van der Waals surface area contributed by atoms with E-state index in [1.807, 2.05) is 38.1 Å². The van der Waals surface area contributed by atoms with E-state index in [-0.39, 0.29) is 6.04 Å². The van der Waals surface area contributed by atoms with Crippen molar-refractivity contribution in [2.45, 2.75) is 32.7 Å². The molecule has 0 aliphatic rings. The van der Waals surface area contributed by atoms with Crippen LogP contribution < -0.4 is 10.2 Å². The normalized spacial score (nSPS) is 11.9. The molecular formula is C14H21N2O3. The molecule has 0 bridgehead atoms. The molecule has 19 heavy (non-hydrogen) atoms. The lowest BCUT2D eigenvalue weighted by Gasteiger charge is -2.25. The van der Waals surface area contributed by atoms with E-state index in [1.165, 1.54) is 0 Å². The molecule has 0 saturated heterocycles. The van der Waals surface area contributed by atoms with Crippen LogP contribution in [0.15, 0.2) is 24.3 Å². The molecule has 0 fully saturated rings. The molecule has 0 aliphatic carbocycles. The van der Waals surface area contributed by atoms with Crippen LogP contribution in [0.2, 0.25) is 0 Å². The van der Waals surface area contributed by atoms with E-state index >= 15 is 0 Å². The maximum absolute atomic E-state index is 11.0.